The van der Waals surface area contributed by atoms with Crippen LogP contribution in [-0.2, 0) is 25.6 Å². The zero-order valence-electron chi connectivity index (χ0n) is 30.3. The maximum atomic E-state index is 6.34. The van der Waals surface area contributed by atoms with Crippen molar-refractivity contribution in [3.8, 4) is 22.3 Å². The molecule has 10 aliphatic rings. The van der Waals surface area contributed by atoms with Crippen molar-refractivity contribution in [3.05, 3.63) is 114 Å². The van der Waals surface area contributed by atoms with E-state index in [1.807, 2.05) is 0 Å². The lowest BCUT2D eigenvalue weighted by Crippen LogP contribution is -3.12. The van der Waals surface area contributed by atoms with Crippen molar-refractivity contribution in [2.75, 3.05) is 0 Å². The van der Waals surface area contributed by atoms with Crippen LogP contribution in [-0.4, -0.2) is 18.3 Å². The van der Waals surface area contributed by atoms with Crippen LogP contribution in [0.5, 0.6) is 0 Å². The molecule has 0 amide bonds. The molecule has 252 valence electrons. The Kier molecular flexibility index (Phi) is 5.24. The minimum Gasteiger partial charge on any atom is -0.399 e. The highest BCUT2D eigenvalue weighted by atomic mass is 16.7. The van der Waals surface area contributed by atoms with E-state index in [1.165, 1.54) is 60.8 Å². The van der Waals surface area contributed by atoms with E-state index < -0.39 is 0 Å². The van der Waals surface area contributed by atoms with Gasteiger partial charge in [0, 0.05) is 10.8 Å². The highest BCUT2D eigenvalue weighted by Crippen LogP contribution is 3.09. The molecule has 1 aliphatic heterocycles. The number of hydrogen-bond donors (Lipinski definition) is 0. The van der Waals surface area contributed by atoms with Crippen LogP contribution in [0.15, 0.2) is 97.1 Å². The first kappa shape index (κ1) is 29.4. The first-order valence-corrected chi connectivity index (χ1v) is 19.8. The second-order valence-corrected chi connectivity index (χ2v) is 19.6. The van der Waals surface area contributed by atoms with Crippen molar-refractivity contribution in [1.29, 1.82) is 0 Å². The van der Waals surface area contributed by atoms with Crippen LogP contribution in [0.2, 0.25) is 0 Å². The van der Waals surface area contributed by atoms with Crippen LogP contribution in [0.4, 0.5) is 0 Å². The van der Waals surface area contributed by atoms with Crippen LogP contribution in [0.25, 0.3) is 22.3 Å². The van der Waals surface area contributed by atoms with Crippen LogP contribution in [0.3, 0.4) is 0 Å². The lowest BCUT2D eigenvalue weighted by Gasteiger charge is -3.12. The number of fused-ring (bicyclic) bond motifs is 3. The molecule has 0 radical (unpaired) electrons. The average molecular weight is 657 g/mol. The van der Waals surface area contributed by atoms with E-state index in [0.717, 1.165) is 41.0 Å². The molecule has 1 saturated heterocycles. The van der Waals surface area contributed by atoms with E-state index in [2.05, 4.69) is 132 Å². The summed E-state index contributed by atoms with van der Waals surface area (Å²) in [5, 5.41) is 0. The van der Waals surface area contributed by atoms with Gasteiger partial charge in [0.2, 0.25) is 0 Å². The summed E-state index contributed by atoms with van der Waals surface area (Å²) in [4.78, 5) is 0. The Labute approximate surface area is 298 Å². The lowest BCUT2D eigenvalue weighted by atomic mass is 8.91. The van der Waals surface area contributed by atoms with Gasteiger partial charge in [0.1, 0.15) is 0 Å². The zero-order chi connectivity index (χ0) is 33.6. The smallest absolute Gasteiger partial charge is 0.399 e. The Morgan fingerprint density at radius 2 is 0.740 bits per heavy atom. The summed E-state index contributed by atoms with van der Waals surface area (Å²) in [5.41, 5.74) is 12.7. The molecule has 0 aromatic heterocycles. The molecule has 2 bridgehead atoms. The van der Waals surface area contributed by atoms with Gasteiger partial charge in [0.15, 0.2) is 0 Å². The van der Waals surface area contributed by atoms with E-state index in [-0.39, 0.29) is 18.3 Å². The topological polar surface area (TPSA) is 18.5 Å². The number of hydrogen-bond acceptors (Lipinski definition) is 2. The fourth-order valence-corrected chi connectivity index (χ4v) is 14.2. The third kappa shape index (κ3) is 3.10. The number of benzene rings is 4. The van der Waals surface area contributed by atoms with Gasteiger partial charge in [0.05, 0.1) is 11.2 Å². The average Bonchev–Trinajstić information content (AvgIpc) is 3.38. The summed E-state index contributed by atoms with van der Waals surface area (Å²) >= 11 is 0. The van der Waals surface area contributed by atoms with Crippen molar-refractivity contribution in [3.63, 3.8) is 0 Å². The maximum absolute atomic E-state index is 6.34. The molecule has 2 nitrogen and oxygen atoms in total. The van der Waals surface area contributed by atoms with E-state index in [1.54, 1.807) is 16.7 Å². The lowest BCUT2D eigenvalue weighted by molar-refractivity contribution is -0.596. The zero-order valence-corrected chi connectivity index (χ0v) is 30.3. The molecule has 4 aromatic carbocycles. The predicted molar refractivity (Wildman–Crippen MR) is 201 cm³/mol. The van der Waals surface area contributed by atoms with Crippen molar-refractivity contribution < 1.29 is 9.31 Å². The summed E-state index contributed by atoms with van der Waals surface area (Å²) in [5.74, 6) is 5.47. The molecule has 0 spiro atoms. The number of rotatable bonds is 6. The highest BCUT2D eigenvalue weighted by molar-refractivity contribution is 6.62. The molecule has 1 heterocycles. The summed E-state index contributed by atoms with van der Waals surface area (Å²) in [7, 11) is -0.274. The molecule has 10 fully saturated rings. The van der Waals surface area contributed by atoms with Crippen molar-refractivity contribution in [2.24, 2.45) is 40.9 Å². The van der Waals surface area contributed by atoms with E-state index in [0.29, 0.717) is 21.7 Å². The third-order valence-electron chi connectivity index (χ3n) is 17.6. The van der Waals surface area contributed by atoms with Crippen molar-refractivity contribution in [1.82, 2.24) is 0 Å². The molecular weight excluding hydrogens is 607 g/mol. The van der Waals surface area contributed by atoms with Crippen LogP contribution < -0.4 is 5.46 Å². The highest BCUT2D eigenvalue weighted by Gasteiger charge is 3.09. The molecule has 0 atom stereocenters. The summed E-state index contributed by atoms with van der Waals surface area (Å²) in [6.45, 7) is 11.1. The summed E-state index contributed by atoms with van der Waals surface area (Å²) < 4.78 is 12.7. The van der Waals surface area contributed by atoms with Gasteiger partial charge in [-0.15, -0.1) is 0 Å². The molecule has 14 rings (SSSR count). The van der Waals surface area contributed by atoms with Gasteiger partial charge in [0.25, 0.3) is 0 Å². The molecule has 9 aliphatic carbocycles. The summed E-state index contributed by atoms with van der Waals surface area (Å²) in [6, 6.07) is 38.2. The van der Waals surface area contributed by atoms with Crippen LogP contribution in [0, 0.1) is 40.9 Å². The molecule has 9 saturated carbocycles. The monoisotopic (exact) mass is 656 g/mol. The Bertz CT molecular complexity index is 1980. The largest absolute Gasteiger partial charge is 0.494 e. The Balaban J connectivity index is 0.725. The third-order valence-corrected chi connectivity index (χ3v) is 17.6. The minimum atomic E-state index is -0.301. The van der Waals surface area contributed by atoms with Crippen LogP contribution in [0.1, 0.15) is 89.8 Å². The summed E-state index contributed by atoms with van der Waals surface area (Å²) in [6.07, 6.45) is 8.35. The Morgan fingerprint density at radius 1 is 0.420 bits per heavy atom. The standard InChI is InChI=1S/C47H49BO2/c1-42(2)43(3,4)50-48(49-42)35-20-18-34(19-21-35)47-39-36-40(47)38-41(47)37(39)46(36,38)33-16-12-31(13-17-33)29-8-6-28(7-9-29)30-10-14-32(15-11-30)45-25-22-44(5,23-26-45)24-27-45/h6-21,36-41H,22-27H2,1-5H3. The van der Waals surface area contributed by atoms with Gasteiger partial charge in [-0.2, -0.15) is 0 Å². The first-order chi connectivity index (χ1) is 24.0. The fraction of sp³-hybridized carbons (Fsp3) is 0.489. The van der Waals surface area contributed by atoms with Gasteiger partial charge in [-0.05, 0) is 157 Å². The molecule has 3 heteroatoms. The van der Waals surface area contributed by atoms with Gasteiger partial charge >= 0.3 is 7.12 Å². The molecule has 0 unspecified atom stereocenters. The van der Waals surface area contributed by atoms with Crippen LogP contribution >= 0.6 is 0 Å². The normalized spacial score (nSPS) is 42.5. The van der Waals surface area contributed by atoms with Gasteiger partial charge in [-0.25, -0.2) is 0 Å². The first-order valence-electron chi connectivity index (χ1n) is 19.8. The van der Waals surface area contributed by atoms with E-state index in [9.17, 15) is 0 Å². The molecular formula is C47H49BO2. The maximum Gasteiger partial charge on any atom is 0.494 e. The van der Waals surface area contributed by atoms with E-state index in [4.69, 9.17) is 9.31 Å². The predicted octanol–water partition coefficient (Wildman–Crippen LogP) is 9.87. The minimum absolute atomic E-state index is 0.274. The van der Waals surface area contributed by atoms with Gasteiger partial charge < -0.3 is 9.31 Å². The van der Waals surface area contributed by atoms with E-state index >= 15 is 0 Å². The molecule has 4 aromatic rings. The Morgan fingerprint density at radius 3 is 1.12 bits per heavy atom. The SMILES string of the molecule is CC12CCC(c3ccc(-c4ccc(-c5ccc(C67C8C9C6C6C7C8C96c6ccc(B7OC(C)(C)C(C)(C)O7)cc6)cc5)cc4)cc3)(CC1)CC2. The fourth-order valence-electron chi connectivity index (χ4n) is 14.2. The van der Waals surface area contributed by atoms with Crippen molar-refractivity contribution >= 4 is 12.6 Å². The van der Waals surface area contributed by atoms with Gasteiger partial charge in [-0.1, -0.05) is 104 Å². The second-order valence-electron chi connectivity index (χ2n) is 19.6. The Hall–Kier alpha value is -3.14. The molecule has 0 N–H and O–H groups in total. The quantitative estimate of drug-likeness (QED) is 0.193. The molecule has 50 heavy (non-hydrogen) atoms. The second kappa shape index (κ2) is 8.90. The van der Waals surface area contributed by atoms with Crippen molar-refractivity contribution in [2.45, 2.75) is 101 Å². The van der Waals surface area contributed by atoms with Gasteiger partial charge in [-0.3, -0.25) is 0 Å².